The first kappa shape index (κ1) is 14.9. The predicted molar refractivity (Wildman–Crippen MR) is 76.3 cm³/mol. The topological polar surface area (TPSA) is 72.3 Å². The maximum absolute atomic E-state index is 13.1. The van der Waals surface area contributed by atoms with Gasteiger partial charge in [0.15, 0.2) is 0 Å². The van der Waals surface area contributed by atoms with Gasteiger partial charge in [0.1, 0.15) is 5.82 Å². The van der Waals surface area contributed by atoms with Crippen molar-refractivity contribution in [2.45, 2.75) is 44.3 Å². The molecule has 110 valence electrons. The van der Waals surface area contributed by atoms with Crippen LogP contribution in [0.5, 0.6) is 0 Å². The van der Waals surface area contributed by atoms with Crippen molar-refractivity contribution in [2.24, 2.45) is 11.5 Å². The van der Waals surface area contributed by atoms with Crippen LogP contribution in [0.1, 0.15) is 37.8 Å². The summed E-state index contributed by atoms with van der Waals surface area (Å²) in [4.78, 5) is 13.7. The monoisotopic (exact) mass is 279 g/mol. The van der Waals surface area contributed by atoms with E-state index in [0.717, 1.165) is 31.4 Å². The molecule has 2 rings (SSSR count). The van der Waals surface area contributed by atoms with Gasteiger partial charge in [-0.3, -0.25) is 9.69 Å². The minimum atomic E-state index is -0.307. The second kappa shape index (κ2) is 6.33. The molecule has 1 aromatic rings. The minimum Gasteiger partial charge on any atom is -0.368 e. The van der Waals surface area contributed by atoms with Crippen LogP contribution in [0.2, 0.25) is 0 Å². The van der Waals surface area contributed by atoms with E-state index in [1.54, 1.807) is 12.1 Å². The second-order valence-electron chi connectivity index (χ2n) is 5.37. The maximum atomic E-state index is 13.1. The fourth-order valence-electron chi connectivity index (χ4n) is 3.00. The number of carbonyl (C=O) groups excluding carboxylic acids is 1. The van der Waals surface area contributed by atoms with Gasteiger partial charge in [-0.2, -0.15) is 0 Å². The molecule has 0 aliphatic carbocycles. The standard InChI is InChI=1S/C15H22FN3O/c1-2-12(17)14(10-5-7-11(16)8-6-10)19-9-3-4-13(19)15(18)20/h5-8,12-14H,2-4,9,17H2,1H3,(H2,18,20). The lowest BCUT2D eigenvalue weighted by Gasteiger charge is -2.35. The van der Waals surface area contributed by atoms with Gasteiger partial charge in [-0.05, 0) is 43.5 Å². The van der Waals surface area contributed by atoms with Crippen LogP contribution in [0.3, 0.4) is 0 Å². The summed E-state index contributed by atoms with van der Waals surface area (Å²) < 4.78 is 13.1. The average molecular weight is 279 g/mol. The quantitative estimate of drug-likeness (QED) is 0.859. The molecule has 3 unspecified atom stereocenters. The van der Waals surface area contributed by atoms with E-state index in [0.29, 0.717) is 0 Å². The first-order chi connectivity index (χ1) is 9.54. The lowest BCUT2D eigenvalue weighted by molar-refractivity contribution is -0.123. The van der Waals surface area contributed by atoms with Gasteiger partial charge in [-0.15, -0.1) is 0 Å². The van der Waals surface area contributed by atoms with Gasteiger partial charge in [0.2, 0.25) is 5.91 Å². The molecule has 1 fully saturated rings. The maximum Gasteiger partial charge on any atom is 0.234 e. The zero-order valence-corrected chi connectivity index (χ0v) is 11.8. The Morgan fingerprint density at radius 2 is 2.10 bits per heavy atom. The van der Waals surface area contributed by atoms with Crippen molar-refractivity contribution in [1.29, 1.82) is 0 Å². The first-order valence-electron chi connectivity index (χ1n) is 7.10. The van der Waals surface area contributed by atoms with Crippen LogP contribution in [0.4, 0.5) is 4.39 Å². The van der Waals surface area contributed by atoms with Crippen LogP contribution in [0.25, 0.3) is 0 Å². The average Bonchev–Trinajstić information content (AvgIpc) is 2.90. The highest BCUT2D eigenvalue weighted by Crippen LogP contribution is 2.32. The van der Waals surface area contributed by atoms with Crippen LogP contribution < -0.4 is 11.5 Å². The molecule has 1 amide bonds. The fraction of sp³-hybridized carbons (Fsp3) is 0.533. The molecule has 20 heavy (non-hydrogen) atoms. The third-order valence-electron chi connectivity index (χ3n) is 4.07. The Morgan fingerprint density at radius 3 is 2.65 bits per heavy atom. The van der Waals surface area contributed by atoms with E-state index in [1.165, 1.54) is 12.1 Å². The molecule has 0 aromatic heterocycles. The van der Waals surface area contributed by atoms with Gasteiger partial charge in [0.25, 0.3) is 0 Å². The Kier molecular flexibility index (Phi) is 4.73. The predicted octanol–water partition coefficient (Wildman–Crippen LogP) is 1.55. The van der Waals surface area contributed by atoms with Crippen molar-refractivity contribution in [3.05, 3.63) is 35.6 Å². The molecule has 0 bridgehead atoms. The SMILES string of the molecule is CCC(N)C(c1ccc(F)cc1)N1CCCC1C(N)=O. The van der Waals surface area contributed by atoms with Crippen LogP contribution in [-0.2, 0) is 4.79 Å². The lowest BCUT2D eigenvalue weighted by Crippen LogP contribution is -2.47. The molecule has 0 saturated carbocycles. The highest BCUT2D eigenvalue weighted by molar-refractivity contribution is 5.80. The summed E-state index contributed by atoms with van der Waals surface area (Å²) in [5, 5.41) is 0. The summed E-state index contributed by atoms with van der Waals surface area (Å²) in [5.74, 6) is -0.580. The van der Waals surface area contributed by atoms with Crippen LogP contribution in [0, 0.1) is 5.82 Å². The van der Waals surface area contributed by atoms with Gasteiger partial charge in [-0.1, -0.05) is 19.1 Å². The van der Waals surface area contributed by atoms with E-state index in [-0.39, 0.29) is 29.8 Å². The van der Waals surface area contributed by atoms with E-state index < -0.39 is 0 Å². The molecule has 0 radical (unpaired) electrons. The van der Waals surface area contributed by atoms with Crippen molar-refractivity contribution in [2.75, 3.05) is 6.54 Å². The van der Waals surface area contributed by atoms with Gasteiger partial charge in [0, 0.05) is 6.04 Å². The molecule has 5 heteroatoms. The van der Waals surface area contributed by atoms with Gasteiger partial charge >= 0.3 is 0 Å². The number of carbonyl (C=O) groups is 1. The summed E-state index contributed by atoms with van der Waals surface area (Å²) >= 11 is 0. The molecule has 0 spiro atoms. The van der Waals surface area contributed by atoms with Crippen LogP contribution >= 0.6 is 0 Å². The number of rotatable bonds is 5. The molecule has 4 N–H and O–H groups in total. The molecule has 1 aliphatic rings. The Labute approximate surface area is 118 Å². The van der Waals surface area contributed by atoms with Gasteiger partial charge in [0.05, 0.1) is 12.1 Å². The number of amides is 1. The zero-order chi connectivity index (χ0) is 14.7. The number of nitrogens with zero attached hydrogens (tertiary/aromatic N) is 1. The number of nitrogens with two attached hydrogens (primary N) is 2. The molecule has 1 saturated heterocycles. The first-order valence-corrected chi connectivity index (χ1v) is 7.10. The number of hydrogen-bond acceptors (Lipinski definition) is 3. The minimum absolute atomic E-state index is 0.0967. The molecule has 4 nitrogen and oxygen atoms in total. The number of hydrogen-bond donors (Lipinski definition) is 2. The zero-order valence-electron chi connectivity index (χ0n) is 11.8. The van der Waals surface area contributed by atoms with Crippen molar-refractivity contribution in [3.8, 4) is 0 Å². The molecule has 1 aromatic carbocycles. The second-order valence-corrected chi connectivity index (χ2v) is 5.37. The normalized spacial score (nSPS) is 22.6. The lowest BCUT2D eigenvalue weighted by atomic mass is 9.95. The smallest absolute Gasteiger partial charge is 0.234 e. The summed E-state index contributed by atoms with van der Waals surface area (Å²) in [5.41, 5.74) is 12.7. The van der Waals surface area contributed by atoms with Crippen molar-refractivity contribution >= 4 is 5.91 Å². The van der Waals surface area contributed by atoms with E-state index in [2.05, 4.69) is 4.90 Å². The molecule has 3 atom stereocenters. The van der Waals surface area contributed by atoms with Crippen molar-refractivity contribution in [3.63, 3.8) is 0 Å². The van der Waals surface area contributed by atoms with E-state index in [9.17, 15) is 9.18 Å². The van der Waals surface area contributed by atoms with Gasteiger partial charge < -0.3 is 11.5 Å². The largest absolute Gasteiger partial charge is 0.368 e. The Morgan fingerprint density at radius 1 is 1.45 bits per heavy atom. The third kappa shape index (κ3) is 2.99. The Bertz CT molecular complexity index is 463. The van der Waals surface area contributed by atoms with Crippen LogP contribution in [-0.4, -0.2) is 29.4 Å². The highest BCUT2D eigenvalue weighted by atomic mass is 19.1. The molecule has 1 aliphatic heterocycles. The fourth-order valence-corrected chi connectivity index (χ4v) is 3.00. The highest BCUT2D eigenvalue weighted by Gasteiger charge is 2.37. The molecule has 1 heterocycles. The van der Waals surface area contributed by atoms with E-state index in [1.807, 2.05) is 6.92 Å². The Hall–Kier alpha value is -1.46. The third-order valence-corrected chi connectivity index (χ3v) is 4.07. The summed E-state index contributed by atoms with van der Waals surface area (Å²) in [6.07, 6.45) is 2.48. The number of halogens is 1. The van der Waals surface area contributed by atoms with E-state index in [4.69, 9.17) is 11.5 Å². The Balaban J connectivity index is 2.32. The van der Waals surface area contributed by atoms with Crippen LogP contribution in [0.15, 0.2) is 24.3 Å². The summed E-state index contributed by atoms with van der Waals surface area (Å²) in [6, 6.07) is 5.86. The van der Waals surface area contributed by atoms with Crippen molar-refractivity contribution < 1.29 is 9.18 Å². The van der Waals surface area contributed by atoms with Gasteiger partial charge in [-0.25, -0.2) is 4.39 Å². The number of likely N-dealkylation sites (tertiary alicyclic amines) is 1. The van der Waals surface area contributed by atoms with E-state index >= 15 is 0 Å². The summed E-state index contributed by atoms with van der Waals surface area (Å²) in [6.45, 7) is 2.81. The summed E-state index contributed by atoms with van der Waals surface area (Å²) in [7, 11) is 0. The molecular weight excluding hydrogens is 257 g/mol. The number of benzene rings is 1. The van der Waals surface area contributed by atoms with Crippen molar-refractivity contribution in [1.82, 2.24) is 4.90 Å². The molecular formula is C15H22FN3O. The number of primary amides is 1.